The highest BCUT2D eigenvalue weighted by atomic mass is 79.9. The monoisotopic (exact) mass is 343 g/mol. The van der Waals surface area contributed by atoms with Crippen molar-refractivity contribution in [3.8, 4) is 0 Å². The molecule has 0 spiro atoms. The lowest BCUT2D eigenvalue weighted by molar-refractivity contribution is -0.0146. The molecule has 1 saturated carbocycles. The van der Waals surface area contributed by atoms with Crippen molar-refractivity contribution < 1.29 is 5.11 Å². The Morgan fingerprint density at radius 2 is 2.00 bits per heavy atom. The second-order valence-electron chi connectivity index (χ2n) is 6.28. The number of hydrazine groups is 1. The van der Waals surface area contributed by atoms with Crippen LogP contribution in [-0.4, -0.2) is 27.2 Å². The summed E-state index contributed by atoms with van der Waals surface area (Å²) in [5.41, 5.74) is 2.07. The molecule has 1 fully saturated rings. The average Bonchev–Trinajstić information content (AvgIpc) is 2.42. The molecule has 2 rings (SSSR count). The predicted octanol–water partition coefficient (Wildman–Crippen LogP) is 2.27. The van der Waals surface area contributed by atoms with E-state index in [1.807, 2.05) is 0 Å². The van der Waals surface area contributed by atoms with Gasteiger partial charge in [0.1, 0.15) is 5.82 Å². The average molecular weight is 344 g/mol. The van der Waals surface area contributed by atoms with Crippen molar-refractivity contribution in [3.63, 3.8) is 0 Å². The summed E-state index contributed by atoms with van der Waals surface area (Å²) >= 11 is 3.38. The molecule has 1 heterocycles. The zero-order chi connectivity index (χ0) is 14.8. The third-order valence-corrected chi connectivity index (χ3v) is 4.57. The summed E-state index contributed by atoms with van der Waals surface area (Å²) in [6, 6.07) is 0. The largest absolute Gasteiger partial charge is 0.388 e. The zero-order valence-corrected chi connectivity index (χ0v) is 13.5. The van der Waals surface area contributed by atoms with Gasteiger partial charge in [0.2, 0.25) is 5.95 Å². The van der Waals surface area contributed by atoms with Gasteiger partial charge in [0.15, 0.2) is 0 Å². The van der Waals surface area contributed by atoms with E-state index in [9.17, 15) is 5.11 Å². The molecule has 20 heavy (non-hydrogen) atoms. The number of nitrogen functional groups attached to an aromatic ring is 1. The number of nitrogens with two attached hydrogens (primary N) is 1. The van der Waals surface area contributed by atoms with Gasteiger partial charge in [-0.2, -0.15) is 4.98 Å². The minimum Gasteiger partial charge on any atom is -0.388 e. The first kappa shape index (κ1) is 15.5. The van der Waals surface area contributed by atoms with E-state index in [0.29, 0.717) is 23.7 Å². The Balaban J connectivity index is 1.98. The lowest BCUT2D eigenvalue weighted by Crippen LogP contribution is -2.42. The molecule has 5 N–H and O–H groups in total. The Kier molecular flexibility index (Phi) is 4.51. The third-order valence-electron chi connectivity index (χ3n) is 3.99. The van der Waals surface area contributed by atoms with Crippen LogP contribution < -0.4 is 16.6 Å². The summed E-state index contributed by atoms with van der Waals surface area (Å²) < 4.78 is 0.747. The normalized spacial score (nSPS) is 20.4. The van der Waals surface area contributed by atoms with E-state index in [1.165, 1.54) is 0 Å². The topological polar surface area (TPSA) is 96.1 Å². The van der Waals surface area contributed by atoms with Crippen molar-refractivity contribution in [2.75, 3.05) is 17.3 Å². The van der Waals surface area contributed by atoms with Crippen molar-refractivity contribution >= 4 is 27.7 Å². The number of anilines is 2. The maximum absolute atomic E-state index is 10.6. The molecule has 112 valence electrons. The highest BCUT2D eigenvalue weighted by molar-refractivity contribution is 9.10. The van der Waals surface area contributed by atoms with Crippen LogP contribution >= 0.6 is 15.9 Å². The first-order valence-corrected chi connectivity index (χ1v) is 7.58. The number of nitrogens with one attached hydrogen (secondary N) is 2. The Hall–Kier alpha value is -0.920. The van der Waals surface area contributed by atoms with Gasteiger partial charge in [-0.1, -0.05) is 13.8 Å². The van der Waals surface area contributed by atoms with E-state index in [1.54, 1.807) is 6.20 Å². The van der Waals surface area contributed by atoms with Crippen LogP contribution in [-0.2, 0) is 0 Å². The molecule has 0 aliphatic heterocycles. The van der Waals surface area contributed by atoms with E-state index in [0.717, 1.165) is 30.2 Å². The molecule has 0 unspecified atom stereocenters. The van der Waals surface area contributed by atoms with Gasteiger partial charge in [-0.15, -0.1) is 0 Å². The molecule has 0 atom stereocenters. The van der Waals surface area contributed by atoms with E-state index in [-0.39, 0.29) is 0 Å². The second kappa shape index (κ2) is 5.83. The van der Waals surface area contributed by atoms with Crippen LogP contribution in [0.1, 0.15) is 39.5 Å². The first-order valence-electron chi connectivity index (χ1n) is 6.79. The third kappa shape index (κ3) is 3.80. The van der Waals surface area contributed by atoms with Crippen molar-refractivity contribution in [2.24, 2.45) is 11.3 Å². The molecule has 1 aliphatic carbocycles. The van der Waals surface area contributed by atoms with Gasteiger partial charge in [0.05, 0.1) is 10.1 Å². The molecule has 0 radical (unpaired) electrons. The van der Waals surface area contributed by atoms with Gasteiger partial charge in [-0.05, 0) is 47.0 Å². The van der Waals surface area contributed by atoms with Gasteiger partial charge in [-0.3, -0.25) is 5.43 Å². The highest BCUT2D eigenvalue weighted by Gasteiger charge is 2.36. The number of nitrogens with zero attached hydrogens (tertiary/aromatic N) is 2. The molecule has 0 bridgehead atoms. The fourth-order valence-corrected chi connectivity index (χ4v) is 2.71. The minimum absolute atomic E-state index is 0.332. The van der Waals surface area contributed by atoms with Crippen LogP contribution in [0, 0.1) is 5.41 Å². The Labute approximate surface area is 127 Å². The van der Waals surface area contributed by atoms with Gasteiger partial charge in [0, 0.05) is 12.7 Å². The number of aromatic nitrogens is 2. The first-order chi connectivity index (χ1) is 9.34. The smallest absolute Gasteiger partial charge is 0.239 e. The number of aliphatic hydroxyl groups is 1. The van der Waals surface area contributed by atoms with Crippen LogP contribution in [0.2, 0.25) is 0 Å². The fraction of sp³-hybridized carbons (Fsp3) is 0.692. The molecule has 0 saturated heterocycles. The van der Waals surface area contributed by atoms with Crippen LogP contribution in [0.3, 0.4) is 0 Å². The van der Waals surface area contributed by atoms with Gasteiger partial charge >= 0.3 is 0 Å². The summed E-state index contributed by atoms with van der Waals surface area (Å²) in [5.74, 6) is 6.27. The number of halogens is 1. The molecule has 7 heteroatoms. The molecule has 1 aromatic heterocycles. The maximum Gasteiger partial charge on any atom is 0.239 e. The quantitative estimate of drug-likeness (QED) is 0.494. The standard InChI is InChI=1S/C13H22BrN5O/c1-12(2)3-5-13(20,6-4-12)8-17-10-9(14)7-16-11(18-10)19-15/h7,20H,3-6,8,15H2,1-2H3,(H2,16,17,18,19). The Morgan fingerprint density at radius 1 is 1.35 bits per heavy atom. The summed E-state index contributed by atoms with van der Waals surface area (Å²) in [4.78, 5) is 8.21. The minimum atomic E-state index is -0.670. The number of hydrogen-bond donors (Lipinski definition) is 4. The van der Waals surface area contributed by atoms with Crippen molar-refractivity contribution in [2.45, 2.75) is 45.1 Å². The lowest BCUT2D eigenvalue weighted by Gasteiger charge is -2.40. The Bertz CT molecular complexity index is 470. The molecule has 1 aromatic rings. The van der Waals surface area contributed by atoms with Crippen LogP contribution in [0.4, 0.5) is 11.8 Å². The maximum atomic E-state index is 10.6. The predicted molar refractivity (Wildman–Crippen MR) is 83.2 cm³/mol. The van der Waals surface area contributed by atoms with Gasteiger partial charge in [-0.25, -0.2) is 10.8 Å². The van der Waals surface area contributed by atoms with Gasteiger partial charge in [0.25, 0.3) is 0 Å². The van der Waals surface area contributed by atoms with E-state index in [2.05, 4.69) is 50.5 Å². The van der Waals surface area contributed by atoms with Crippen molar-refractivity contribution in [1.29, 1.82) is 0 Å². The number of rotatable bonds is 4. The molecule has 6 nitrogen and oxygen atoms in total. The van der Waals surface area contributed by atoms with Crippen molar-refractivity contribution in [1.82, 2.24) is 9.97 Å². The van der Waals surface area contributed by atoms with E-state index >= 15 is 0 Å². The highest BCUT2D eigenvalue weighted by Crippen LogP contribution is 2.40. The van der Waals surface area contributed by atoms with Gasteiger partial charge < -0.3 is 10.4 Å². The van der Waals surface area contributed by atoms with Crippen LogP contribution in [0.5, 0.6) is 0 Å². The SMILES string of the molecule is CC1(C)CCC(O)(CNc2nc(NN)ncc2Br)CC1. The fourth-order valence-electron chi connectivity index (χ4n) is 2.38. The summed E-state index contributed by atoms with van der Waals surface area (Å²) in [5, 5.41) is 13.8. The second-order valence-corrected chi connectivity index (χ2v) is 7.13. The summed E-state index contributed by atoms with van der Waals surface area (Å²) in [6.45, 7) is 4.98. The molecule has 1 aliphatic rings. The zero-order valence-electron chi connectivity index (χ0n) is 11.9. The summed E-state index contributed by atoms with van der Waals surface area (Å²) in [6.07, 6.45) is 5.30. The molecular weight excluding hydrogens is 322 g/mol. The van der Waals surface area contributed by atoms with E-state index in [4.69, 9.17) is 5.84 Å². The molecule has 0 aromatic carbocycles. The van der Waals surface area contributed by atoms with E-state index < -0.39 is 5.60 Å². The molecule has 0 amide bonds. The lowest BCUT2D eigenvalue weighted by atomic mass is 9.71. The van der Waals surface area contributed by atoms with Crippen molar-refractivity contribution in [3.05, 3.63) is 10.7 Å². The Morgan fingerprint density at radius 3 is 2.60 bits per heavy atom. The molecular formula is C13H22BrN5O. The summed E-state index contributed by atoms with van der Waals surface area (Å²) in [7, 11) is 0. The number of hydrogen-bond acceptors (Lipinski definition) is 6. The van der Waals surface area contributed by atoms with Crippen LogP contribution in [0.25, 0.3) is 0 Å². The van der Waals surface area contributed by atoms with Crippen LogP contribution in [0.15, 0.2) is 10.7 Å².